The average molecular weight is 897 g/mol. The van der Waals surface area contributed by atoms with E-state index in [1.165, 1.54) is 34.5 Å². The Kier molecular flexibility index (Phi) is 14.2. The van der Waals surface area contributed by atoms with Crippen LogP contribution in [0.5, 0.6) is 0 Å². The molecule has 10 rings (SSSR count). The normalized spacial score (nSPS) is 10.9. The fourth-order valence-electron chi connectivity index (χ4n) is 6.44. The minimum atomic E-state index is -3.52. The molecule has 66 heavy (non-hydrogen) atoms. The van der Waals surface area contributed by atoms with E-state index in [4.69, 9.17) is 10.7 Å². The minimum absolute atomic E-state index is 0.267. The van der Waals surface area contributed by atoms with Gasteiger partial charge in [0.15, 0.2) is 11.3 Å². The lowest BCUT2D eigenvalue weighted by atomic mass is 10.1. The highest BCUT2D eigenvalue weighted by Gasteiger charge is 2.15. The van der Waals surface area contributed by atoms with Gasteiger partial charge < -0.3 is 21.7 Å². The van der Waals surface area contributed by atoms with E-state index in [2.05, 4.69) is 85.3 Å². The molecule has 0 radical (unpaired) electrons. The first-order chi connectivity index (χ1) is 32.3. The molecule has 10 aromatic rings. The van der Waals surface area contributed by atoms with Crippen molar-refractivity contribution in [1.82, 2.24) is 59.1 Å². The average Bonchev–Trinajstić information content (AvgIpc) is 4.04. The Morgan fingerprint density at radius 2 is 1.02 bits per heavy atom. The maximum atomic E-state index is 11.7. The molecule has 0 spiro atoms. The lowest BCUT2D eigenvalue weighted by molar-refractivity contribution is 0.593. The highest BCUT2D eigenvalue weighted by atomic mass is 32.2. The summed E-state index contributed by atoms with van der Waals surface area (Å²) < 4.78 is 26.5. The summed E-state index contributed by atoms with van der Waals surface area (Å²) in [7, 11) is -3.52. The van der Waals surface area contributed by atoms with Gasteiger partial charge in [0, 0.05) is 48.5 Å². The molecule has 0 fully saturated rings. The van der Waals surface area contributed by atoms with Gasteiger partial charge in [-0.25, -0.2) is 43.3 Å². The van der Waals surface area contributed by atoms with Crippen molar-refractivity contribution in [1.29, 1.82) is 0 Å². The summed E-state index contributed by atoms with van der Waals surface area (Å²) in [4.78, 5) is 34.5. The van der Waals surface area contributed by atoms with Crippen LogP contribution in [-0.4, -0.2) is 86.9 Å². The first-order valence-electron chi connectivity index (χ1n) is 20.7. The van der Waals surface area contributed by atoms with E-state index in [9.17, 15) is 8.42 Å². The zero-order chi connectivity index (χ0) is 45.6. The van der Waals surface area contributed by atoms with Crippen molar-refractivity contribution in [3.63, 3.8) is 0 Å². The Morgan fingerprint density at radius 1 is 0.545 bits per heavy atom. The Labute approximate surface area is 380 Å². The number of nitrogens with one attached hydrogen (secondary N) is 3. The van der Waals surface area contributed by atoms with E-state index in [0.717, 1.165) is 49.0 Å². The molecule has 0 aliphatic rings. The molecule has 6 aromatic heterocycles. The smallest absolute Gasteiger partial charge is 0.248 e. The van der Waals surface area contributed by atoms with Crippen LogP contribution < -0.4 is 21.7 Å². The van der Waals surface area contributed by atoms with Gasteiger partial charge in [0.1, 0.15) is 24.3 Å². The summed E-state index contributed by atoms with van der Waals surface area (Å²) >= 11 is 0. The molecule has 0 saturated carbocycles. The standard InChI is InChI=1S/C23H20N8.C16H13N7O2S.C8H11N/c1-3-7-17(8-4-1)11-13-24-22-25-14-12-20(29-22)30-23-28-19(18-9-5-2-6-10-18)15-21-26-16-27-31(21)23;1-26(24,25)16-17-8-7-13(22-16)21-15-20-12(11-5-3-2-4-6-11)9-14-18-10-19-23(14)15;9-7-6-8-4-2-1-3-5-8/h1-10,12,14-16H,11,13H2,(H2,24,25,28,29,30);2-10H,1H3,(H,17,20,21,22);1-5H,6-7,9H2. The number of rotatable bonds is 13. The third kappa shape index (κ3) is 11.7. The van der Waals surface area contributed by atoms with E-state index in [1.54, 1.807) is 22.8 Å². The van der Waals surface area contributed by atoms with Gasteiger partial charge in [0.2, 0.25) is 32.8 Å². The van der Waals surface area contributed by atoms with Crippen molar-refractivity contribution >= 4 is 50.6 Å². The number of hydrogen-bond acceptors (Lipinski definition) is 16. The lowest BCUT2D eigenvalue weighted by Crippen LogP contribution is -2.10. The molecule has 0 aliphatic heterocycles. The van der Waals surface area contributed by atoms with Crippen molar-refractivity contribution in [3.05, 3.63) is 182 Å². The van der Waals surface area contributed by atoms with Gasteiger partial charge >= 0.3 is 0 Å². The largest absolute Gasteiger partial charge is 0.354 e. The maximum absolute atomic E-state index is 11.7. The number of hydrogen-bond donors (Lipinski definition) is 4. The highest BCUT2D eigenvalue weighted by Crippen LogP contribution is 2.24. The minimum Gasteiger partial charge on any atom is -0.354 e. The van der Waals surface area contributed by atoms with Crippen LogP contribution in [0.1, 0.15) is 11.1 Å². The van der Waals surface area contributed by atoms with Crippen molar-refractivity contribution in [2.75, 3.05) is 35.3 Å². The van der Waals surface area contributed by atoms with Crippen LogP contribution in [0.2, 0.25) is 0 Å². The van der Waals surface area contributed by atoms with Crippen LogP contribution in [-0.2, 0) is 22.7 Å². The molecule has 330 valence electrons. The number of fused-ring (bicyclic) bond motifs is 2. The van der Waals surface area contributed by atoms with E-state index in [1.807, 2.05) is 109 Å². The molecule has 0 atom stereocenters. The predicted octanol–water partition coefficient (Wildman–Crippen LogP) is 6.90. The van der Waals surface area contributed by atoms with Crippen LogP contribution in [0.3, 0.4) is 0 Å². The molecule has 5 N–H and O–H groups in total. The predicted molar refractivity (Wildman–Crippen MR) is 254 cm³/mol. The van der Waals surface area contributed by atoms with Crippen LogP contribution in [0.25, 0.3) is 33.8 Å². The molecule has 0 unspecified atom stereocenters. The second kappa shape index (κ2) is 21.2. The Morgan fingerprint density at radius 3 is 1.52 bits per heavy atom. The number of nitrogens with zero attached hydrogens (tertiary/aromatic N) is 12. The van der Waals surface area contributed by atoms with E-state index >= 15 is 0 Å². The van der Waals surface area contributed by atoms with Crippen LogP contribution >= 0.6 is 0 Å². The summed E-state index contributed by atoms with van der Waals surface area (Å²) in [5, 5.41) is 17.7. The molecule has 0 bridgehead atoms. The Balaban J connectivity index is 0.000000153. The molecule has 0 aliphatic carbocycles. The van der Waals surface area contributed by atoms with Crippen molar-refractivity contribution in [2.24, 2.45) is 5.73 Å². The molecule has 6 heterocycles. The fourth-order valence-corrected chi connectivity index (χ4v) is 6.95. The number of anilines is 5. The first-order valence-corrected chi connectivity index (χ1v) is 22.6. The SMILES string of the molecule is CS(=O)(=O)c1nccc(Nc2nc(-c3ccccc3)cc3ncnn23)n1.NCCc1ccccc1.c1ccc(CCNc2nccc(Nc3nc(-c4ccccc4)cc4ncnn34)n2)cc1. The molecular weight excluding hydrogens is 853 g/mol. The Hall–Kier alpha value is -8.55. The van der Waals surface area contributed by atoms with Gasteiger partial charge in [-0.3, -0.25) is 0 Å². The zero-order valence-electron chi connectivity index (χ0n) is 35.7. The van der Waals surface area contributed by atoms with Gasteiger partial charge in [0.25, 0.3) is 0 Å². The monoisotopic (exact) mass is 896 g/mol. The molecule has 18 nitrogen and oxygen atoms in total. The van der Waals surface area contributed by atoms with Crippen molar-refractivity contribution in [3.8, 4) is 22.5 Å². The molecule has 0 amide bonds. The van der Waals surface area contributed by atoms with Gasteiger partial charge in [-0.1, -0.05) is 121 Å². The van der Waals surface area contributed by atoms with E-state index in [-0.39, 0.29) is 11.0 Å². The lowest BCUT2D eigenvalue weighted by Gasteiger charge is -2.10. The molecule has 19 heteroatoms. The molecule has 4 aromatic carbocycles. The summed E-state index contributed by atoms with van der Waals surface area (Å²) in [6.45, 7) is 1.48. The van der Waals surface area contributed by atoms with Gasteiger partial charge in [-0.15, -0.1) is 0 Å². The summed E-state index contributed by atoms with van der Waals surface area (Å²) in [6.07, 6.45) is 8.93. The van der Waals surface area contributed by atoms with Crippen LogP contribution in [0.15, 0.2) is 176 Å². The quantitative estimate of drug-likeness (QED) is 0.0862. The van der Waals surface area contributed by atoms with E-state index in [0.29, 0.717) is 40.7 Å². The number of aromatic nitrogens is 12. The molecule has 0 saturated heterocycles. The topological polar surface area (TPSA) is 234 Å². The van der Waals surface area contributed by atoms with Crippen molar-refractivity contribution in [2.45, 2.75) is 18.0 Å². The number of benzene rings is 4. The highest BCUT2D eigenvalue weighted by molar-refractivity contribution is 7.90. The summed E-state index contributed by atoms with van der Waals surface area (Å²) in [6, 6.07) is 47.2. The maximum Gasteiger partial charge on any atom is 0.248 e. The van der Waals surface area contributed by atoms with Crippen LogP contribution in [0, 0.1) is 0 Å². The first kappa shape index (κ1) is 44.1. The third-order valence-electron chi connectivity index (χ3n) is 9.59. The Bertz CT molecular complexity index is 3230. The second-order valence-corrected chi connectivity index (χ2v) is 16.3. The summed E-state index contributed by atoms with van der Waals surface area (Å²) in [5.74, 6) is 2.34. The van der Waals surface area contributed by atoms with Gasteiger partial charge in [-0.05, 0) is 42.6 Å². The molecular formula is C47H44N16O2S. The second-order valence-electron chi connectivity index (χ2n) is 14.4. The number of sulfone groups is 1. The van der Waals surface area contributed by atoms with Gasteiger partial charge in [0.05, 0.1) is 11.4 Å². The summed E-state index contributed by atoms with van der Waals surface area (Å²) in [5.41, 5.74) is 12.7. The fraction of sp³-hybridized carbons (Fsp3) is 0.106. The third-order valence-corrected chi connectivity index (χ3v) is 10.4. The zero-order valence-corrected chi connectivity index (χ0v) is 36.5. The van der Waals surface area contributed by atoms with Gasteiger partial charge in [-0.2, -0.15) is 24.2 Å². The van der Waals surface area contributed by atoms with E-state index < -0.39 is 9.84 Å². The number of nitrogens with two attached hydrogens (primary N) is 1. The van der Waals surface area contributed by atoms with Crippen molar-refractivity contribution < 1.29 is 8.42 Å². The van der Waals surface area contributed by atoms with Crippen LogP contribution in [0.4, 0.5) is 29.5 Å².